The fourth-order valence-electron chi connectivity index (χ4n) is 1.47. The summed E-state index contributed by atoms with van der Waals surface area (Å²) in [4.78, 5) is 15.6. The average molecular weight is 300 g/mol. The van der Waals surface area contributed by atoms with Gasteiger partial charge in [-0.1, -0.05) is 28.4 Å². The minimum absolute atomic E-state index is 0.0984. The van der Waals surface area contributed by atoms with E-state index in [0.29, 0.717) is 18.7 Å². The summed E-state index contributed by atoms with van der Waals surface area (Å²) >= 11 is 11.5. The Kier molecular flexibility index (Phi) is 4.70. The predicted octanol–water partition coefficient (Wildman–Crippen LogP) is 1.80. The van der Waals surface area contributed by atoms with Gasteiger partial charge in [-0.2, -0.15) is 0 Å². The summed E-state index contributed by atoms with van der Waals surface area (Å²) in [5.41, 5.74) is 0.312. The molecule has 6 nitrogen and oxygen atoms in total. The summed E-state index contributed by atoms with van der Waals surface area (Å²) in [6.45, 7) is 1.20. The molecule has 1 N–H and O–H groups in total. The van der Waals surface area contributed by atoms with Gasteiger partial charge in [0.15, 0.2) is 0 Å². The van der Waals surface area contributed by atoms with E-state index in [1.165, 1.54) is 6.07 Å². The van der Waals surface area contributed by atoms with Crippen LogP contribution in [0.4, 0.5) is 0 Å². The number of rotatable bonds is 5. The number of carbonyl (C=O) groups is 1. The van der Waals surface area contributed by atoms with E-state index in [9.17, 15) is 4.79 Å². The second-order valence-electron chi connectivity index (χ2n) is 3.75. The van der Waals surface area contributed by atoms with Crippen molar-refractivity contribution in [2.45, 2.75) is 13.0 Å². The van der Waals surface area contributed by atoms with Gasteiger partial charge in [-0.05, 0) is 18.6 Å². The van der Waals surface area contributed by atoms with E-state index >= 15 is 0 Å². The molecule has 0 aliphatic heterocycles. The van der Waals surface area contributed by atoms with E-state index in [-0.39, 0.29) is 16.2 Å². The van der Waals surface area contributed by atoms with E-state index in [0.717, 1.165) is 6.42 Å². The highest BCUT2D eigenvalue weighted by Crippen LogP contribution is 2.16. The molecule has 0 fully saturated rings. The van der Waals surface area contributed by atoms with Crippen LogP contribution >= 0.6 is 23.2 Å². The monoisotopic (exact) mass is 299 g/mol. The van der Waals surface area contributed by atoms with Gasteiger partial charge in [-0.3, -0.25) is 9.48 Å². The van der Waals surface area contributed by atoms with Crippen molar-refractivity contribution in [1.29, 1.82) is 0 Å². The van der Waals surface area contributed by atoms with E-state index in [1.807, 2.05) is 0 Å². The van der Waals surface area contributed by atoms with Gasteiger partial charge in [0.2, 0.25) is 0 Å². The minimum Gasteiger partial charge on any atom is -0.352 e. The first-order chi connectivity index (χ1) is 9.16. The Labute approximate surface area is 119 Å². The average Bonchev–Trinajstić information content (AvgIpc) is 2.87. The van der Waals surface area contributed by atoms with E-state index in [1.54, 1.807) is 23.1 Å². The Morgan fingerprint density at radius 1 is 1.37 bits per heavy atom. The maximum Gasteiger partial charge on any atom is 0.254 e. The zero-order chi connectivity index (χ0) is 13.7. The van der Waals surface area contributed by atoms with Crippen LogP contribution in [0.15, 0.2) is 24.5 Å². The molecular weight excluding hydrogens is 289 g/mol. The second kappa shape index (κ2) is 6.49. The molecule has 0 saturated heterocycles. The fraction of sp³-hybridized carbons (Fsp3) is 0.273. The number of hydrogen-bond acceptors (Lipinski definition) is 4. The number of nitrogens with one attached hydrogen (secondary N) is 1. The molecule has 2 heterocycles. The molecule has 2 rings (SSSR count). The van der Waals surface area contributed by atoms with Crippen molar-refractivity contribution in [2.24, 2.45) is 0 Å². The highest BCUT2D eigenvalue weighted by molar-refractivity contribution is 6.34. The Bertz CT molecular complexity index is 558. The van der Waals surface area contributed by atoms with E-state index < -0.39 is 0 Å². The largest absolute Gasteiger partial charge is 0.352 e. The van der Waals surface area contributed by atoms with Crippen molar-refractivity contribution >= 4 is 29.1 Å². The van der Waals surface area contributed by atoms with Crippen molar-refractivity contribution < 1.29 is 4.79 Å². The molecule has 0 radical (unpaired) electrons. The Morgan fingerprint density at radius 3 is 2.89 bits per heavy atom. The summed E-state index contributed by atoms with van der Waals surface area (Å²) in [6.07, 6.45) is 4.12. The maximum absolute atomic E-state index is 11.8. The number of carbonyl (C=O) groups excluding carboxylic acids is 1. The molecular formula is C11H11Cl2N5O. The summed E-state index contributed by atoms with van der Waals surface area (Å²) in [7, 11) is 0. The Balaban J connectivity index is 1.81. The summed E-state index contributed by atoms with van der Waals surface area (Å²) in [5.74, 6) is -0.271. The van der Waals surface area contributed by atoms with Crippen LogP contribution in [-0.2, 0) is 6.54 Å². The SMILES string of the molecule is O=C(NCCCn1ccnn1)c1ccc(Cl)nc1Cl. The smallest absolute Gasteiger partial charge is 0.254 e. The van der Waals surface area contributed by atoms with E-state index in [4.69, 9.17) is 23.2 Å². The molecule has 2 aromatic heterocycles. The lowest BCUT2D eigenvalue weighted by molar-refractivity contribution is 0.0952. The van der Waals surface area contributed by atoms with E-state index in [2.05, 4.69) is 20.6 Å². The first-order valence-electron chi connectivity index (χ1n) is 5.61. The molecule has 0 unspecified atom stereocenters. The van der Waals surface area contributed by atoms with Crippen molar-refractivity contribution in [2.75, 3.05) is 6.54 Å². The third-order valence-corrected chi connectivity index (χ3v) is 2.88. The topological polar surface area (TPSA) is 72.7 Å². The normalized spacial score (nSPS) is 10.4. The number of pyridine rings is 1. The van der Waals surface area contributed by atoms with Crippen molar-refractivity contribution in [3.63, 3.8) is 0 Å². The molecule has 0 atom stereocenters. The van der Waals surface area contributed by atoms with Gasteiger partial charge in [0.05, 0.1) is 11.8 Å². The molecule has 8 heteroatoms. The van der Waals surface area contributed by atoms with Gasteiger partial charge in [0.25, 0.3) is 5.91 Å². The predicted molar refractivity (Wildman–Crippen MR) is 71.2 cm³/mol. The lowest BCUT2D eigenvalue weighted by Crippen LogP contribution is -2.25. The van der Waals surface area contributed by atoms with Crippen molar-refractivity contribution in [3.8, 4) is 0 Å². The quantitative estimate of drug-likeness (QED) is 0.675. The number of amides is 1. The van der Waals surface area contributed by atoms with Crippen LogP contribution in [0.1, 0.15) is 16.8 Å². The lowest BCUT2D eigenvalue weighted by Gasteiger charge is -2.06. The third-order valence-electron chi connectivity index (χ3n) is 2.38. The van der Waals surface area contributed by atoms with Crippen LogP contribution in [-0.4, -0.2) is 32.4 Å². The molecule has 0 spiro atoms. The van der Waals surface area contributed by atoms with Crippen molar-refractivity contribution in [3.05, 3.63) is 40.4 Å². The van der Waals surface area contributed by atoms with Crippen molar-refractivity contribution in [1.82, 2.24) is 25.3 Å². The Morgan fingerprint density at radius 2 is 2.21 bits per heavy atom. The first-order valence-corrected chi connectivity index (χ1v) is 6.37. The number of aryl methyl sites for hydroxylation is 1. The number of aromatic nitrogens is 4. The maximum atomic E-state index is 11.8. The molecule has 0 aromatic carbocycles. The molecule has 2 aromatic rings. The van der Waals surface area contributed by atoms with Gasteiger partial charge in [0.1, 0.15) is 10.3 Å². The molecule has 0 saturated carbocycles. The standard InChI is InChI=1S/C11H11Cl2N5O/c12-9-3-2-8(10(13)16-9)11(19)14-4-1-6-18-7-5-15-17-18/h2-3,5,7H,1,4,6H2,(H,14,19). The van der Waals surface area contributed by atoms with Gasteiger partial charge in [-0.25, -0.2) is 4.98 Å². The van der Waals surface area contributed by atoms with Crippen LogP contribution in [0.25, 0.3) is 0 Å². The Hall–Kier alpha value is -1.66. The first kappa shape index (κ1) is 13.8. The van der Waals surface area contributed by atoms with Gasteiger partial charge < -0.3 is 5.32 Å². The lowest BCUT2D eigenvalue weighted by atomic mass is 10.2. The highest BCUT2D eigenvalue weighted by atomic mass is 35.5. The van der Waals surface area contributed by atoms with Crippen LogP contribution in [0.3, 0.4) is 0 Å². The molecule has 19 heavy (non-hydrogen) atoms. The summed E-state index contributed by atoms with van der Waals surface area (Å²) in [5, 5.41) is 10.6. The van der Waals surface area contributed by atoms with Gasteiger partial charge in [0, 0.05) is 19.3 Å². The fourth-order valence-corrected chi connectivity index (χ4v) is 1.90. The zero-order valence-electron chi connectivity index (χ0n) is 9.88. The van der Waals surface area contributed by atoms with Crippen LogP contribution < -0.4 is 5.32 Å². The summed E-state index contributed by atoms with van der Waals surface area (Å²) in [6, 6.07) is 3.07. The third kappa shape index (κ3) is 3.90. The minimum atomic E-state index is -0.271. The summed E-state index contributed by atoms with van der Waals surface area (Å²) < 4.78 is 1.70. The molecule has 1 amide bonds. The van der Waals surface area contributed by atoms with Gasteiger partial charge >= 0.3 is 0 Å². The van der Waals surface area contributed by atoms with Crippen LogP contribution in [0.2, 0.25) is 10.3 Å². The number of hydrogen-bond donors (Lipinski definition) is 1. The zero-order valence-corrected chi connectivity index (χ0v) is 11.4. The highest BCUT2D eigenvalue weighted by Gasteiger charge is 2.11. The molecule has 0 aliphatic carbocycles. The molecule has 0 aliphatic rings. The molecule has 100 valence electrons. The van der Waals surface area contributed by atoms with Crippen LogP contribution in [0.5, 0.6) is 0 Å². The van der Waals surface area contributed by atoms with Crippen LogP contribution in [0, 0.1) is 0 Å². The second-order valence-corrected chi connectivity index (χ2v) is 4.49. The number of nitrogens with zero attached hydrogens (tertiary/aromatic N) is 4. The van der Waals surface area contributed by atoms with Gasteiger partial charge in [-0.15, -0.1) is 5.10 Å². The molecule has 0 bridgehead atoms. The number of halogens is 2.